The third-order valence-electron chi connectivity index (χ3n) is 1.35. The van der Waals surface area contributed by atoms with Crippen LogP contribution >= 0.6 is 0 Å². The molecule has 0 aliphatic rings. The maximum atomic E-state index is 6.75. The highest BCUT2D eigenvalue weighted by Gasteiger charge is 1.87. The van der Waals surface area contributed by atoms with Crippen molar-refractivity contribution in [3.8, 4) is 0 Å². The normalized spacial score (nSPS) is 9.33. The first-order valence-corrected chi connectivity index (χ1v) is 3.70. The van der Waals surface area contributed by atoms with Gasteiger partial charge in [0.25, 0.3) is 0 Å². The van der Waals surface area contributed by atoms with E-state index in [-0.39, 0.29) is 0 Å². The van der Waals surface area contributed by atoms with Crippen molar-refractivity contribution in [2.45, 2.75) is 38.5 Å². The van der Waals surface area contributed by atoms with E-state index in [1.807, 2.05) is 0 Å². The van der Waals surface area contributed by atoms with Crippen LogP contribution in [0.3, 0.4) is 0 Å². The van der Waals surface area contributed by atoms with Gasteiger partial charge in [-0.2, -0.15) is 0 Å². The van der Waals surface area contributed by atoms with E-state index in [0.717, 1.165) is 12.8 Å². The molecule has 0 unspecified atom stereocenters. The van der Waals surface area contributed by atoms with Gasteiger partial charge in [-0.05, 0) is 31.9 Å². The lowest BCUT2D eigenvalue weighted by Crippen LogP contribution is -1.77. The molecule has 0 saturated carbocycles. The molecular weight excluding hydrogens is 110 g/mol. The minimum Gasteiger partial charge on any atom is -0.313 e. The van der Waals surface area contributed by atoms with Gasteiger partial charge < -0.3 is 5.41 Å². The largest absolute Gasteiger partial charge is 0.313 e. The molecule has 52 valence electrons. The topological polar surface area (TPSA) is 23.9 Å². The molecular formula is C8H16N+. The maximum absolute atomic E-state index is 6.75. The van der Waals surface area contributed by atoms with E-state index in [1.165, 1.54) is 31.9 Å². The standard InChI is InChI=1S/C8H16N/c1-2-3-4-5-6-7-8-9/h8-9H,1-7H2/q+1. The second kappa shape index (κ2) is 7.54. The van der Waals surface area contributed by atoms with Gasteiger partial charge >= 0.3 is 0 Å². The Hall–Kier alpha value is -0.460. The van der Waals surface area contributed by atoms with Gasteiger partial charge in [0.1, 0.15) is 0 Å². The molecule has 0 amide bonds. The highest BCUT2D eigenvalue weighted by molar-refractivity contribution is 5.52. The maximum Gasteiger partial charge on any atom is 0.0850 e. The first-order chi connectivity index (χ1) is 4.41. The molecule has 0 aliphatic heterocycles. The van der Waals surface area contributed by atoms with Gasteiger partial charge in [0.05, 0.1) is 13.3 Å². The molecule has 0 rings (SSSR count). The highest BCUT2D eigenvalue weighted by atomic mass is 14.3. The molecule has 0 aromatic rings. The predicted octanol–water partition coefficient (Wildman–Crippen LogP) is 2.81. The molecule has 1 N–H and O–H groups in total. The molecule has 0 saturated heterocycles. The van der Waals surface area contributed by atoms with Crippen LogP contribution in [0.25, 0.3) is 0 Å². The van der Waals surface area contributed by atoms with Crippen LogP contribution in [0.15, 0.2) is 0 Å². The smallest absolute Gasteiger partial charge is 0.0850 e. The van der Waals surface area contributed by atoms with E-state index >= 15 is 0 Å². The summed E-state index contributed by atoms with van der Waals surface area (Å²) in [5, 5.41) is 6.75. The van der Waals surface area contributed by atoms with Gasteiger partial charge in [0.2, 0.25) is 0 Å². The predicted molar refractivity (Wildman–Crippen MR) is 41.8 cm³/mol. The van der Waals surface area contributed by atoms with Crippen molar-refractivity contribution in [2.24, 2.45) is 0 Å². The lowest BCUT2D eigenvalue weighted by molar-refractivity contribution is 0.660. The first kappa shape index (κ1) is 8.54. The fraction of sp³-hybridized carbons (Fsp3) is 0.750. The summed E-state index contributed by atoms with van der Waals surface area (Å²) in [6.45, 7) is 3.76. The summed E-state index contributed by atoms with van der Waals surface area (Å²) in [6, 6.07) is 0. The number of nitrogens with one attached hydrogen (secondary N) is 1. The van der Waals surface area contributed by atoms with Crippen LogP contribution < -0.4 is 0 Å². The van der Waals surface area contributed by atoms with Crippen molar-refractivity contribution < 1.29 is 0 Å². The van der Waals surface area contributed by atoms with Crippen molar-refractivity contribution in [2.75, 3.05) is 0 Å². The zero-order valence-corrected chi connectivity index (χ0v) is 6.03. The number of hydrogen-bond acceptors (Lipinski definition) is 1. The van der Waals surface area contributed by atoms with Gasteiger partial charge in [0.15, 0.2) is 0 Å². The molecule has 0 fully saturated rings. The molecule has 0 spiro atoms. The van der Waals surface area contributed by atoms with Crippen LogP contribution in [0, 0.1) is 12.3 Å². The van der Waals surface area contributed by atoms with Gasteiger partial charge in [-0.1, -0.05) is 6.42 Å². The summed E-state index contributed by atoms with van der Waals surface area (Å²) < 4.78 is 0. The SMILES string of the molecule is [CH2+]CCCCCCC=N. The number of hydrogen-bond donors (Lipinski definition) is 1. The van der Waals surface area contributed by atoms with Crippen molar-refractivity contribution in [1.29, 1.82) is 5.41 Å². The van der Waals surface area contributed by atoms with Crippen molar-refractivity contribution in [1.82, 2.24) is 0 Å². The third-order valence-corrected chi connectivity index (χ3v) is 1.35. The molecule has 0 heterocycles. The van der Waals surface area contributed by atoms with Gasteiger partial charge in [-0.3, -0.25) is 0 Å². The molecule has 0 atom stereocenters. The van der Waals surface area contributed by atoms with Crippen LogP contribution in [-0.4, -0.2) is 6.21 Å². The van der Waals surface area contributed by atoms with E-state index in [9.17, 15) is 0 Å². The van der Waals surface area contributed by atoms with Gasteiger partial charge in [0, 0.05) is 0 Å². The summed E-state index contributed by atoms with van der Waals surface area (Å²) >= 11 is 0. The molecule has 0 aromatic carbocycles. The van der Waals surface area contributed by atoms with E-state index < -0.39 is 0 Å². The zero-order valence-electron chi connectivity index (χ0n) is 6.03. The minimum absolute atomic E-state index is 0.955. The molecule has 1 heteroatoms. The quantitative estimate of drug-likeness (QED) is 0.321. The Bertz CT molecular complexity index is 59.6. The minimum atomic E-state index is 0.955. The van der Waals surface area contributed by atoms with Crippen LogP contribution in [-0.2, 0) is 0 Å². The Kier molecular flexibility index (Phi) is 7.15. The second-order valence-electron chi connectivity index (χ2n) is 2.26. The Morgan fingerprint density at radius 2 is 1.78 bits per heavy atom. The fourth-order valence-corrected chi connectivity index (χ4v) is 0.777. The first-order valence-electron chi connectivity index (χ1n) is 3.70. The summed E-state index contributed by atoms with van der Waals surface area (Å²) in [4.78, 5) is 0. The summed E-state index contributed by atoms with van der Waals surface area (Å²) in [6.07, 6.45) is 8.50. The van der Waals surface area contributed by atoms with Crippen LogP contribution in [0.4, 0.5) is 0 Å². The summed E-state index contributed by atoms with van der Waals surface area (Å²) in [5.41, 5.74) is 0. The summed E-state index contributed by atoms with van der Waals surface area (Å²) in [7, 11) is 0. The monoisotopic (exact) mass is 126 g/mol. The molecule has 0 aliphatic carbocycles. The van der Waals surface area contributed by atoms with E-state index in [4.69, 9.17) is 5.41 Å². The second-order valence-corrected chi connectivity index (χ2v) is 2.26. The Balaban J connectivity index is 2.66. The molecule has 0 radical (unpaired) electrons. The van der Waals surface area contributed by atoms with E-state index in [0.29, 0.717) is 0 Å². The van der Waals surface area contributed by atoms with Crippen LogP contribution in [0.2, 0.25) is 0 Å². The number of unbranched alkanes of at least 4 members (excludes halogenated alkanes) is 5. The van der Waals surface area contributed by atoms with Gasteiger partial charge in [-0.15, -0.1) is 0 Å². The highest BCUT2D eigenvalue weighted by Crippen LogP contribution is 2.02. The lowest BCUT2D eigenvalue weighted by Gasteiger charge is -1.92. The fourth-order valence-electron chi connectivity index (χ4n) is 0.777. The Labute approximate surface area is 58.0 Å². The van der Waals surface area contributed by atoms with Crippen LogP contribution in [0.1, 0.15) is 38.5 Å². The Morgan fingerprint density at radius 3 is 2.33 bits per heavy atom. The Morgan fingerprint density at radius 1 is 1.11 bits per heavy atom. The van der Waals surface area contributed by atoms with Crippen LogP contribution in [0.5, 0.6) is 0 Å². The van der Waals surface area contributed by atoms with Gasteiger partial charge in [-0.25, -0.2) is 0 Å². The lowest BCUT2D eigenvalue weighted by atomic mass is 10.1. The molecule has 9 heavy (non-hydrogen) atoms. The third kappa shape index (κ3) is 7.54. The molecule has 1 nitrogen and oxygen atoms in total. The van der Waals surface area contributed by atoms with E-state index in [1.54, 1.807) is 0 Å². The van der Waals surface area contributed by atoms with Crippen molar-refractivity contribution in [3.05, 3.63) is 6.92 Å². The average Bonchev–Trinajstić information content (AvgIpc) is 1.89. The molecule has 0 aromatic heterocycles. The molecule has 0 bridgehead atoms. The zero-order chi connectivity index (χ0) is 6.95. The van der Waals surface area contributed by atoms with E-state index in [2.05, 4.69) is 6.92 Å². The average molecular weight is 126 g/mol. The van der Waals surface area contributed by atoms with Crippen molar-refractivity contribution >= 4 is 6.21 Å². The summed E-state index contributed by atoms with van der Waals surface area (Å²) in [5.74, 6) is 0. The van der Waals surface area contributed by atoms with Crippen molar-refractivity contribution in [3.63, 3.8) is 0 Å². The number of rotatable bonds is 6.